The minimum atomic E-state index is -1.12. The van der Waals surface area contributed by atoms with Gasteiger partial charge >= 0.3 is 11.9 Å². The molecule has 63 heavy (non-hydrogen) atoms. The Morgan fingerprint density at radius 2 is 0.889 bits per heavy atom. The molecule has 368 valence electrons. The smallest absolute Gasteiger partial charge is 0.306 e. The van der Waals surface area contributed by atoms with Gasteiger partial charge in [-0.15, -0.1) is 0 Å². The number of hydrogen-bond acceptors (Lipinski definition) is 7. The molecule has 0 aliphatic rings. The van der Waals surface area contributed by atoms with E-state index in [1.165, 1.54) is 154 Å². The SMILES string of the molecule is CC/C=C/C/C=C/C/C=C/CCCCCCCCCCCCCCCC(=O)OCC(COCCC(C(=O)[O-])[N+](C)(C)C)OC(=O)CCCCCCCCCCCCCCCCCC. The first-order valence-corrected chi connectivity index (χ1v) is 26.5. The van der Waals surface area contributed by atoms with Gasteiger partial charge in [0.15, 0.2) is 6.10 Å². The molecule has 0 amide bonds. The summed E-state index contributed by atoms with van der Waals surface area (Å²) in [4.78, 5) is 37.1. The Balaban J connectivity index is 4.16. The number of carboxylic acid groups (broad SMARTS) is 1. The first-order valence-electron chi connectivity index (χ1n) is 26.5. The Kier molecular flexibility index (Phi) is 44.3. The second kappa shape index (κ2) is 46.1. The summed E-state index contributed by atoms with van der Waals surface area (Å²) >= 11 is 0. The maximum Gasteiger partial charge on any atom is 0.306 e. The monoisotopic (exact) mass is 888 g/mol. The number of rotatable bonds is 48. The van der Waals surface area contributed by atoms with Crippen LogP contribution in [0.5, 0.6) is 0 Å². The molecule has 0 aliphatic heterocycles. The molecular weight excluding hydrogens is 787 g/mol. The summed E-state index contributed by atoms with van der Waals surface area (Å²) in [6.45, 7) is 4.59. The average Bonchev–Trinajstić information content (AvgIpc) is 3.24. The van der Waals surface area contributed by atoms with E-state index >= 15 is 0 Å². The fourth-order valence-corrected chi connectivity index (χ4v) is 7.97. The third kappa shape index (κ3) is 44.5. The van der Waals surface area contributed by atoms with Crippen LogP contribution in [-0.4, -0.2) is 75.5 Å². The molecular formula is C55H101NO7. The summed E-state index contributed by atoms with van der Waals surface area (Å²) in [5, 5.41) is 11.7. The molecule has 0 bridgehead atoms. The molecule has 0 rings (SSSR count). The van der Waals surface area contributed by atoms with Crippen molar-refractivity contribution in [2.24, 2.45) is 0 Å². The van der Waals surface area contributed by atoms with Crippen molar-refractivity contribution in [1.82, 2.24) is 0 Å². The number of hydrogen-bond donors (Lipinski definition) is 0. The molecule has 0 aromatic heterocycles. The van der Waals surface area contributed by atoms with Gasteiger partial charge in [-0.25, -0.2) is 0 Å². The van der Waals surface area contributed by atoms with E-state index in [0.717, 1.165) is 57.8 Å². The Labute approximate surface area is 389 Å². The number of unbranched alkanes of at least 4 members (excludes halogenated alkanes) is 28. The van der Waals surface area contributed by atoms with Crippen molar-refractivity contribution in [3.05, 3.63) is 36.5 Å². The van der Waals surface area contributed by atoms with Crippen molar-refractivity contribution in [3.63, 3.8) is 0 Å². The zero-order valence-electron chi connectivity index (χ0n) is 42.0. The minimum Gasteiger partial charge on any atom is -0.544 e. The van der Waals surface area contributed by atoms with E-state index in [-0.39, 0.29) is 42.7 Å². The summed E-state index contributed by atoms with van der Waals surface area (Å²) < 4.78 is 17.3. The number of carbonyl (C=O) groups is 3. The van der Waals surface area contributed by atoms with Crippen molar-refractivity contribution in [3.8, 4) is 0 Å². The zero-order chi connectivity index (χ0) is 46.3. The Hall–Kier alpha value is -2.45. The Morgan fingerprint density at radius 1 is 0.492 bits per heavy atom. The van der Waals surface area contributed by atoms with Gasteiger partial charge in [0.2, 0.25) is 0 Å². The number of esters is 2. The van der Waals surface area contributed by atoms with Crippen LogP contribution >= 0.6 is 0 Å². The topological polar surface area (TPSA) is 102 Å². The number of aliphatic carboxylic acids is 1. The molecule has 2 unspecified atom stereocenters. The largest absolute Gasteiger partial charge is 0.544 e. The van der Waals surface area contributed by atoms with Gasteiger partial charge in [-0.1, -0.05) is 217 Å². The second-order valence-corrected chi connectivity index (χ2v) is 19.1. The zero-order valence-corrected chi connectivity index (χ0v) is 42.0. The van der Waals surface area contributed by atoms with Gasteiger partial charge in [-0.05, 0) is 44.9 Å². The predicted octanol–water partition coefficient (Wildman–Crippen LogP) is 14.0. The predicted molar refractivity (Wildman–Crippen MR) is 263 cm³/mol. The third-order valence-electron chi connectivity index (χ3n) is 12.0. The van der Waals surface area contributed by atoms with Crippen LogP contribution in [-0.2, 0) is 28.6 Å². The Bertz CT molecular complexity index is 1130. The summed E-state index contributed by atoms with van der Waals surface area (Å²) in [7, 11) is 5.42. The maximum absolute atomic E-state index is 12.8. The first kappa shape index (κ1) is 60.5. The lowest BCUT2D eigenvalue weighted by molar-refractivity contribution is -0.889. The molecule has 0 saturated carbocycles. The van der Waals surface area contributed by atoms with Crippen LogP contribution in [0.4, 0.5) is 0 Å². The molecule has 0 fully saturated rings. The van der Waals surface area contributed by atoms with Gasteiger partial charge < -0.3 is 28.6 Å². The van der Waals surface area contributed by atoms with Crippen molar-refractivity contribution < 1.29 is 38.2 Å². The third-order valence-corrected chi connectivity index (χ3v) is 12.0. The van der Waals surface area contributed by atoms with Crippen LogP contribution in [0.2, 0.25) is 0 Å². The number of likely N-dealkylation sites (N-methyl/N-ethyl adjacent to an activating group) is 1. The summed E-state index contributed by atoms with van der Waals surface area (Å²) in [5.74, 6) is -1.72. The van der Waals surface area contributed by atoms with Crippen molar-refractivity contribution >= 4 is 17.9 Å². The van der Waals surface area contributed by atoms with E-state index in [1.54, 1.807) is 0 Å². The van der Waals surface area contributed by atoms with E-state index in [1.807, 2.05) is 21.1 Å². The Morgan fingerprint density at radius 3 is 1.32 bits per heavy atom. The summed E-state index contributed by atoms with van der Waals surface area (Å²) in [6.07, 6.45) is 54.6. The molecule has 0 aromatic carbocycles. The number of carbonyl (C=O) groups excluding carboxylic acids is 3. The highest BCUT2D eigenvalue weighted by molar-refractivity contribution is 5.70. The number of nitrogens with zero attached hydrogens (tertiary/aromatic N) is 1. The fourth-order valence-electron chi connectivity index (χ4n) is 7.97. The van der Waals surface area contributed by atoms with E-state index in [4.69, 9.17) is 14.2 Å². The summed E-state index contributed by atoms with van der Waals surface area (Å²) in [5.41, 5.74) is 0. The normalized spacial score (nSPS) is 13.1. The molecule has 0 saturated heterocycles. The standard InChI is InChI=1S/C55H101NO7/c1-6-8-10-12-14-16-18-20-22-24-25-26-27-28-29-30-32-33-35-37-39-41-43-45-53(57)62-50-51(49-61-48-47-52(55(59)60)56(3,4)5)63-54(58)46-44-42-40-38-36-34-31-23-21-19-17-15-13-11-9-7-2/h8,10,14,16,20,22,51-52H,6-7,9,11-13,15,17-19,21,23-50H2,1-5H3/b10-8+,16-14+,22-20+. The summed E-state index contributed by atoms with van der Waals surface area (Å²) in [6, 6.07) is -0.724. The van der Waals surface area contributed by atoms with Crippen molar-refractivity contribution in [2.45, 2.75) is 257 Å². The van der Waals surface area contributed by atoms with Gasteiger partial charge in [0, 0.05) is 19.3 Å². The van der Waals surface area contributed by atoms with E-state index in [0.29, 0.717) is 12.8 Å². The van der Waals surface area contributed by atoms with Gasteiger partial charge in [0.1, 0.15) is 12.6 Å². The highest BCUT2D eigenvalue weighted by Crippen LogP contribution is 2.17. The molecule has 2 atom stereocenters. The highest BCUT2D eigenvalue weighted by Gasteiger charge is 2.25. The van der Waals surface area contributed by atoms with Gasteiger partial charge in [0.05, 0.1) is 40.3 Å². The van der Waals surface area contributed by atoms with E-state index in [2.05, 4.69) is 50.3 Å². The van der Waals surface area contributed by atoms with Gasteiger partial charge in [0.25, 0.3) is 0 Å². The quantitative estimate of drug-likeness (QED) is 0.0259. The molecule has 0 heterocycles. The highest BCUT2D eigenvalue weighted by atomic mass is 16.6. The van der Waals surface area contributed by atoms with Crippen LogP contribution < -0.4 is 5.11 Å². The molecule has 0 spiro atoms. The van der Waals surface area contributed by atoms with Crippen LogP contribution in [0.25, 0.3) is 0 Å². The average molecular weight is 888 g/mol. The molecule has 0 N–H and O–H groups in total. The van der Waals surface area contributed by atoms with E-state index < -0.39 is 18.1 Å². The lowest BCUT2D eigenvalue weighted by atomic mass is 10.0. The molecule has 8 heteroatoms. The molecule has 0 radical (unpaired) electrons. The lowest BCUT2D eigenvalue weighted by Crippen LogP contribution is -2.55. The van der Waals surface area contributed by atoms with Crippen molar-refractivity contribution in [2.75, 3.05) is 41.0 Å². The van der Waals surface area contributed by atoms with Crippen LogP contribution in [0.15, 0.2) is 36.5 Å². The second-order valence-electron chi connectivity index (χ2n) is 19.1. The number of quaternary nitrogens is 1. The number of carboxylic acids is 1. The fraction of sp³-hybridized carbons (Fsp3) is 0.836. The minimum absolute atomic E-state index is 0.0448. The number of ether oxygens (including phenoxy) is 3. The molecule has 0 aromatic rings. The van der Waals surface area contributed by atoms with E-state index in [9.17, 15) is 19.5 Å². The van der Waals surface area contributed by atoms with Crippen LogP contribution in [0.1, 0.15) is 245 Å². The number of allylic oxidation sites excluding steroid dienone is 6. The van der Waals surface area contributed by atoms with Gasteiger partial charge in [-0.2, -0.15) is 0 Å². The van der Waals surface area contributed by atoms with Crippen molar-refractivity contribution in [1.29, 1.82) is 0 Å². The maximum atomic E-state index is 12.8. The molecule has 0 aliphatic carbocycles. The van der Waals surface area contributed by atoms with Gasteiger partial charge in [-0.3, -0.25) is 9.59 Å². The van der Waals surface area contributed by atoms with Crippen LogP contribution in [0, 0.1) is 0 Å². The lowest BCUT2D eigenvalue weighted by Gasteiger charge is -2.34. The first-order chi connectivity index (χ1) is 30.6. The molecule has 8 nitrogen and oxygen atoms in total. The van der Waals surface area contributed by atoms with Crippen LogP contribution in [0.3, 0.4) is 0 Å².